The molecule has 0 N–H and O–H groups in total. The van der Waals surface area contributed by atoms with Gasteiger partial charge in [-0.25, -0.2) is 0 Å². The molecule has 15 heavy (non-hydrogen) atoms. The number of hydrogen-bond donors (Lipinski definition) is 0. The number of rotatable bonds is 3. The van der Waals surface area contributed by atoms with E-state index in [2.05, 4.69) is 4.37 Å². The Morgan fingerprint density at radius 3 is 2.93 bits per heavy atom. The molecule has 0 amide bonds. The van der Waals surface area contributed by atoms with Crippen LogP contribution in [0.15, 0.2) is 17.5 Å². The summed E-state index contributed by atoms with van der Waals surface area (Å²) in [6, 6.07) is 3.60. The van der Waals surface area contributed by atoms with Crippen molar-refractivity contribution in [1.29, 1.82) is 0 Å². The van der Waals surface area contributed by atoms with Crippen molar-refractivity contribution in [1.82, 2.24) is 4.37 Å². The molecule has 0 saturated carbocycles. The summed E-state index contributed by atoms with van der Waals surface area (Å²) >= 11 is 2.62. The van der Waals surface area contributed by atoms with E-state index in [0.717, 1.165) is 5.69 Å². The summed E-state index contributed by atoms with van der Waals surface area (Å²) in [7, 11) is 1.57. The predicted molar refractivity (Wildman–Crippen MR) is 61.2 cm³/mol. The molecule has 0 radical (unpaired) electrons. The van der Waals surface area contributed by atoms with Crippen LogP contribution in [-0.4, -0.2) is 17.3 Å². The normalized spacial score (nSPS) is 10.3. The van der Waals surface area contributed by atoms with E-state index in [1.54, 1.807) is 19.2 Å². The summed E-state index contributed by atoms with van der Waals surface area (Å²) in [6.07, 6.45) is 0. The first-order valence-corrected chi connectivity index (χ1v) is 5.97. The van der Waals surface area contributed by atoms with Crippen molar-refractivity contribution < 1.29 is 9.53 Å². The van der Waals surface area contributed by atoms with Gasteiger partial charge in [0.2, 0.25) is 5.78 Å². The highest BCUT2D eigenvalue weighted by Gasteiger charge is 2.17. The lowest BCUT2D eigenvalue weighted by Crippen LogP contribution is -1.97. The topological polar surface area (TPSA) is 39.2 Å². The predicted octanol–water partition coefficient (Wildman–Crippen LogP) is 2.75. The van der Waals surface area contributed by atoms with Crippen molar-refractivity contribution in [3.05, 3.63) is 33.0 Å². The van der Waals surface area contributed by atoms with Crippen LogP contribution in [0.1, 0.15) is 20.2 Å². The minimum Gasteiger partial charge on any atom is -0.495 e. The lowest BCUT2D eigenvalue weighted by Gasteiger charge is -1.98. The molecule has 3 nitrogen and oxygen atoms in total. The fourth-order valence-corrected chi connectivity index (χ4v) is 2.79. The zero-order valence-corrected chi connectivity index (χ0v) is 9.95. The molecule has 2 aromatic rings. The van der Waals surface area contributed by atoms with Crippen molar-refractivity contribution in [3.63, 3.8) is 0 Å². The first kappa shape index (κ1) is 10.3. The molecule has 78 valence electrons. The Kier molecular flexibility index (Phi) is 2.83. The molecule has 0 unspecified atom stereocenters. The van der Waals surface area contributed by atoms with Crippen LogP contribution in [0.3, 0.4) is 0 Å². The van der Waals surface area contributed by atoms with Gasteiger partial charge in [0.25, 0.3) is 0 Å². The number of carbonyl (C=O) groups excluding carboxylic acids is 1. The maximum atomic E-state index is 12.0. The molecular weight excluding hydrogens is 230 g/mol. The van der Waals surface area contributed by atoms with Crippen LogP contribution in [-0.2, 0) is 0 Å². The molecule has 0 aliphatic heterocycles. The van der Waals surface area contributed by atoms with E-state index < -0.39 is 0 Å². The summed E-state index contributed by atoms with van der Waals surface area (Å²) < 4.78 is 9.20. The zero-order chi connectivity index (χ0) is 10.8. The molecule has 0 atom stereocenters. The fourth-order valence-electron chi connectivity index (χ4n) is 1.21. The molecule has 2 rings (SSSR count). The van der Waals surface area contributed by atoms with E-state index in [0.29, 0.717) is 15.5 Å². The largest absolute Gasteiger partial charge is 0.495 e. The number of methoxy groups -OCH3 is 1. The summed E-state index contributed by atoms with van der Waals surface area (Å²) in [6.45, 7) is 1.87. The van der Waals surface area contributed by atoms with Crippen LogP contribution in [0, 0.1) is 6.92 Å². The third kappa shape index (κ3) is 1.93. The maximum absolute atomic E-state index is 12.0. The smallest absolute Gasteiger partial charge is 0.218 e. The minimum absolute atomic E-state index is 0.00699. The molecule has 0 aromatic carbocycles. The minimum atomic E-state index is -0.00699. The van der Waals surface area contributed by atoms with Gasteiger partial charge in [0.15, 0.2) is 0 Å². The zero-order valence-electron chi connectivity index (χ0n) is 8.31. The van der Waals surface area contributed by atoms with Gasteiger partial charge in [-0.05, 0) is 36.0 Å². The standard InChI is InChI=1S/C10H9NO2S2/c1-6-5-8(15-11-6)9(12)10-7(13-2)3-4-14-10/h3-5H,1-2H3. The van der Waals surface area contributed by atoms with E-state index >= 15 is 0 Å². The highest BCUT2D eigenvalue weighted by molar-refractivity contribution is 7.14. The van der Waals surface area contributed by atoms with Crippen molar-refractivity contribution in [3.8, 4) is 5.75 Å². The summed E-state index contributed by atoms with van der Waals surface area (Å²) in [5.41, 5.74) is 0.874. The van der Waals surface area contributed by atoms with E-state index in [4.69, 9.17) is 4.74 Å². The number of thiophene rings is 1. The Balaban J connectivity index is 2.36. The van der Waals surface area contributed by atoms with Crippen LogP contribution in [0.5, 0.6) is 5.75 Å². The number of ketones is 1. The van der Waals surface area contributed by atoms with Crippen molar-refractivity contribution in [2.75, 3.05) is 7.11 Å². The van der Waals surface area contributed by atoms with Crippen LogP contribution >= 0.6 is 22.9 Å². The molecule has 0 aliphatic carbocycles. The molecule has 0 spiro atoms. The monoisotopic (exact) mass is 239 g/mol. The molecule has 0 bridgehead atoms. The number of ether oxygens (including phenoxy) is 1. The van der Waals surface area contributed by atoms with Gasteiger partial charge in [-0.1, -0.05) is 0 Å². The molecule has 2 aromatic heterocycles. The third-order valence-corrected chi connectivity index (χ3v) is 3.68. The van der Waals surface area contributed by atoms with Crippen LogP contribution in [0.4, 0.5) is 0 Å². The number of nitrogens with zero attached hydrogens (tertiary/aromatic N) is 1. The molecular formula is C10H9NO2S2. The van der Waals surface area contributed by atoms with Gasteiger partial charge >= 0.3 is 0 Å². The number of aryl methyl sites for hydroxylation is 1. The Bertz CT molecular complexity index is 487. The lowest BCUT2D eigenvalue weighted by atomic mass is 10.2. The Morgan fingerprint density at radius 2 is 2.33 bits per heavy atom. The highest BCUT2D eigenvalue weighted by atomic mass is 32.1. The van der Waals surface area contributed by atoms with Crippen LogP contribution in [0.25, 0.3) is 0 Å². The van der Waals surface area contributed by atoms with Crippen molar-refractivity contribution in [2.45, 2.75) is 6.92 Å². The lowest BCUT2D eigenvalue weighted by molar-refractivity contribution is 0.104. The number of hydrogen-bond acceptors (Lipinski definition) is 5. The summed E-state index contributed by atoms with van der Waals surface area (Å²) in [5, 5.41) is 1.85. The van der Waals surface area contributed by atoms with Gasteiger partial charge in [0, 0.05) is 0 Å². The van der Waals surface area contributed by atoms with Crippen molar-refractivity contribution >= 4 is 28.7 Å². The second kappa shape index (κ2) is 4.12. The van der Waals surface area contributed by atoms with Gasteiger partial charge in [-0.15, -0.1) is 11.3 Å². The molecule has 0 saturated heterocycles. The SMILES string of the molecule is COc1ccsc1C(=O)c1cc(C)ns1. The quantitative estimate of drug-likeness (QED) is 0.773. The Hall–Kier alpha value is -1.20. The Morgan fingerprint density at radius 1 is 1.53 bits per heavy atom. The van der Waals surface area contributed by atoms with Crippen molar-refractivity contribution in [2.24, 2.45) is 0 Å². The van der Waals surface area contributed by atoms with E-state index in [-0.39, 0.29) is 5.78 Å². The molecule has 5 heteroatoms. The van der Waals surface area contributed by atoms with Gasteiger partial charge in [-0.3, -0.25) is 4.79 Å². The maximum Gasteiger partial charge on any atom is 0.218 e. The molecule has 0 aliphatic rings. The first-order chi connectivity index (χ1) is 7.22. The van der Waals surface area contributed by atoms with Gasteiger partial charge in [0.05, 0.1) is 17.7 Å². The number of aromatic nitrogens is 1. The Labute approximate surface area is 95.5 Å². The average Bonchev–Trinajstić information content (AvgIpc) is 2.84. The molecule has 2 heterocycles. The fraction of sp³-hybridized carbons (Fsp3) is 0.200. The first-order valence-electron chi connectivity index (χ1n) is 4.32. The van der Waals surface area contributed by atoms with Crippen LogP contribution in [0.2, 0.25) is 0 Å². The van der Waals surface area contributed by atoms with E-state index in [9.17, 15) is 4.79 Å². The van der Waals surface area contributed by atoms with Crippen LogP contribution < -0.4 is 4.74 Å². The summed E-state index contributed by atoms with van der Waals surface area (Å²) in [5.74, 6) is 0.628. The second-order valence-corrected chi connectivity index (χ2v) is 4.70. The van der Waals surface area contributed by atoms with Gasteiger partial charge in [0.1, 0.15) is 10.6 Å². The molecule has 0 fully saturated rings. The highest BCUT2D eigenvalue weighted by Crippen LogP contribution is 2.28. The van der Waals surface area contributed by atoms with Gasteiger partial charge in [-0.2, -0.15) is 4.37 Å². The third-order valence-electron chi connectivity index (χ3n) is 1.91. The van der Waals surface area contributed by atoms with Gasteiger partial charge < -0.3 is 4.74 Å². The summed E-state index contributed by atoms with van der Waals surface area (Å²) in [4.78, 5) is 13.3. The number of carbonyl (C=O) groups is 1. The average molecular weight is 239 g/mol. The van der Waals surface area contributed by atoms with E-state index in [1.165, 1.54) is 22.9 Å². The second-order valence-electron chi connectivity index (χ2n) is 2.98. The van der Waals surface area contributed by atoms with E-state index in [1.807, 2.05) is 12.3 Å².